The molecule has 1 aliphatic heterocycles. The third-order valence-electron chi connectivity index (χ3n) is 5.87. The number of pyridine rings is 1. The van der Waals surface area contributed by atoms with Gasteiger partial charge in [0.2, 0.25) is 5.13 Å². The lowest BCUT2D eigenvalue weighted by atomic mass is 9.96. The van der Waals surface area contributed by atoms with E-state index >= 15 is 0 Å². The van der Waals surface area contributed by atoms with E-state index in [2.05, 4.69) is 15.2 Å². The summed E-state index contributed by atoms with van der Waals surface area (Å²) in [5.41, 5.74) is 1.97. The summed E-state index contributed by atoms with van der Waals surface area (Å²) in [6, 6.07) is 8.13. The van der Waals surface area contributed by atoms with Crippen molar-refractivity contribution in [3.05, 3.63) is 85.8 Å². The molecule has 1 saturated heterocycles. The Morgan fingerprint density at radius 2 is 1.91 bits per heavy atom. The monoisotopic (exact) mass is 490 g/mol. The standard InChI is InChI=1S/C23H18N6O5S/c1-11-6-5-9-27-12(2)17(24-21(11)27)19(30)16-18(14-7-4-8-15(10-14)29(33)34)28(22(32)20(16)31)23-26-25-13(3)35-23/h4-10,18,30H,1-3H3/b19-16+. The number of hydrogen-bond donors (Lipinski definition) is 1. The minimum atomic E-state index is -1.16. The predicted molar refractivity (Wildman–Crippen MR) is 127 cm³/mol. The number of nitro benzene ring substituents is 1. The Labute approximate surface area is 202 Å². The molecule has 1 amide bonds. The zero-order valence-electron chi connectivity index (χ0n) is 18.8. The molecule has 4 aromatic rings. The summed E-state index contributed by atoms with van der Waals surface area (Å²) in [7, 11) is 0. The quantitative estimate of drug-likeness (QED) is 0.150. The summed E-state index contributed by atoms with van der Waals surface area (Å²) in [6.07, 6.45) is 1.78. The molecule has 3 aromatic heterocycles. The fourth-order valence-corrected chi connectivity index (χ4v) is 4.93. The van der Waals surface area contributed by atoms with Crippen LogP contribution in [0.15, 0.2) is 48.2 Å². The van der Waals surface area contributed by atoms with E-state index in [1.807, 2.05) is 19.1 Å². The van der Waals surface area contributed by atoms with Crippen LogP contribution in [0.25, 0.3) is 11.4 Å². The predicted octanol–water partition coefficient (Wildman–Crippen LogP) is 3.65. The molecule has 4 heterocycles. The van der Waals surface area contributed by atoms with Crippen LogP contribution >= 0.6 is 11.3 Å². The summed E-state index contributed by atoms with van der Waals surface area (Å²) in [5, 5.41) is 31.5. The minimum absolute atomic E-state index is 0.140. The number of imidazole rings is 1. The van der Waals surface area contributed by atoms with Gasteiger partial charge in [0.1, 0.15) is 16.3 Å². The first-order valence-electron chi connectivity index (χ1n) is 10.5. The Balaban J connectivity index is 1.78. The van der Waals surface area contributed by atoms with Crippen molar-refractivity contribution in [2.75, 3.05) is 4.90 Å². The SMILES string of the molecule is Cc1nnc(N2C(=O)C(=O)/C(=C(/O)c3nc4c(C)cccn4c3C)C2c2cccc([N+](=O)[O-])c2)s1. The van der Waals surface area contributed by atoms with Gasteiger partial charge in [-0.3, -0.25) is 24.6 Å². The highest BCUT2D eigenvalue weighted by Crippen LogP contribution is 2.43. The normalized spacial score (nSPS) is 17.5. The summed E-state index contributed by atoms with van der Waals surface area (Å²) < 4.78 is 1.77. The van der Waals surface area contributed by atoms with E-state index in [1.54, 1.807) is 30.5 Å². The summed E-state index contributed by atoms with van der Waals surface area (Å²) in [6.45, 7) is 5.30. The van der Waals surface area contributed by atoms with Gasteiger partial charge in [-0.1, -0.05) is 29.5 Å². The Bertz CT molecular complexity index is 1590. The third-order valence-corrected chi connectivity index (χ3v) is 6.71. The number of carbonyl (C=O) groups is 2. The Morgan fingerprint density at radius 3 is 2.57 bits per heavy atom. The van der Waals surface area contributed by atoms with Crippen molar-refractivity contribution in [2.45, 2.75) is 26.8 Å². The molecular weight excluding hydrogens is 472 g/mol. The van der Waals surface area contributed by atoms with E-state index < -0.39 is 28.4 Å². The van der Waals surface area contributed by atoms with Crippen LogP contribution < -0.4 is 4.90 Å². The molecule has 0 bridgehead atoms. The van der Waals surface area contributed by atoms with Crippen LogP contribution in [0.4, 0.5) is 10.8 Å². The lowest BCUT2D eigenvalue weighted by Gasteiger charge is -2.22. The molecule has 1 fully saturated rings. The smallest absolute Gasteiger partial charge is 0.301 e. The Kier molecular flexibility index (Phi) is 5.17. The first-order chi connectivity index (χ1) is 16.7. The van der Waals surface area contributed by atoms with Crippen molar-refractivity contribution in [3.63, 3.8) is 0 Å². The number of carbonyl (C=O) groups excluding carboxylic acids is 2. The van der Waals surface area contributed by atoms with Crippen LogP contribution in [-0.2, 0) is 9.59 Å². The molecule has 12 heteroatoms. The molecule has 0 spiro atoms. The number of aryl methyl sites for hydroxylation is 3. The van der Waals surface area contributed by atoms with Gasteiger partial charge in [-0.05, 0) is 38.0 Å². The summed E-state index contributed by atoms with van der Waals surface area (Å²) in [5.74, 6) is -2.33. The number of non-ortho nitro benzene ring substituents is 1. The van der Waals surface area contributed by atoms with E-state index in [-0.39, 0.29) is 27.6 Å². The van der Waals surface area contributed by atoms with Crippen LogP contribution in [-0.4, -0.2) is 41.3 Å². The van der Waals surface area contributed by atoms with Crippen molar-refractivity contribution >= 4 is 45.3 Å². The molecule has 0 aliphatic carbocycles. The van der Waals surface area contributed by atoms with Gasteiger partial charge in [-0.2, -0.15) is 0 Å². The number of amides is 1. The minimum Gasteiger partial charge on any atom is -0.505 e. The second kappa shape index (κ2) is 8.09. The molecule has 1 aromatic carbocycles. The van der Waals surface area contributed by atoms with Gasteiger partial charge >= 0.3 is 5.91 Å². The molecule has 1 N–H and O–H groups in total. The largest absolute Gasteiger partial charge is 0.505 e. The van der Waals surface area contributed by atoms with Crippen molar-refractivity contribution in [1.82, 2.24) is 19.6 Å². The van der Waals surface area contributed by atoms with Crippen molar-refractivity contribution in [2.24, 2.45) is 0 Å². The molecule has 11 nitrogen and oxygen atoms in total. The third kappa shape index (κ3) is 3.46. The lowest BCUT2D eigenvalue weighted by Crippen LogP contribution is -2.29. The average molecular weight is 491 g/mol. The number of aliphatic hydroxyl groups is 1. The average Bonchev–Trinajstić information content (AvgIpc) is 3.49. The fraction of sp³-hybridized carbons (Fsp3) is 0.174. The van der Waals surface area contributed by atoms with Crippen LogP contribution in [0.2, 0.25) is 0 Å². The maximum Gasteiger partial charge on any atom is 0.301 e. The second-order valence-electron chi connectivity index (χ2n) is 8.06. The number of hydrogen-bond acceptors (Lipinski definition) is 9. The number of aliphatic hydroxyl groups excluding tert-OH is 1. The Morgan fingerprint density at radius 1 is 1.14 bits per heavy atom. The van der Waals surface area contributed by atoms with Gasteiger partial charge in [0, 0.05) is 18.3 Å². The van der Waals surface area contributed by atoms with E-state index in [1.165, 1.54) is 18.2 Å². The molecule has 0 radical (unpaired) electrons. The number of Topliss-reactive ketones (excluding diaryl/α,β-unsaturated/α-hetero) is 1. The number of ketones is 1. The highest BCUT2D eigenvalue weighted by molar-refractivity contribution is 7.15. The number of nitro groups is 1. The number of rotatable bonds is 4. The number of fused-ring (bicyclic) bond motifs is 1. The molecule has 1 atom stereocenters. The van der Waals surface area contributed by atoms with Crippen LogP contribution in [0.3, 0.4) is 0 Å². The first kappa shape index (κ1) is 22.3. The molecular formula is C23H18N6O5S. The maximum absolute atomic E-state index is 13.3. The molecule has 35 heavy (non-hydrogen) atoms. The Hall–Kier alpha value is -4.45. The van der Waals surface area contributed by atoms with Crippen molar-refractivity contribution in [1.29, 1.82) is 0 Å². The van der Waals surface area contributed by atoms with E-state index in [0.29, 0.717) is 16.3 Å². The van der Waals surface area contributed by atoms with Gasteiger partial charge in [-0.25, -0.2) is 4.98 Å². The van der Waals surface area contributed by atoms with Crippen molar-refractivity contribution in [3.8, 4) is 0 Å². The topological polar surface area (TPSA) is 144 Å². The number of benzene rings is 1. The number of nitrogens with zero attached hydrogens (tertiary/aromatic N) is 6. The van der Waals surface area contributed by atoms with Gasteiger partial charge in [0.25, 0.3) is 11.5 Å². The van der Waals surface area contributed by atoms with Crippen LogP contribution in [0.5, 0.6) is 0 Å². The van der Waals surface area contributed by atoms with Gasteiger partial charge in [0.15, 0.2) is 5.76 Å². The van der Waals surface area contributed by atoms with Gasteiger partial charge < -0.3 is 9.51 Å². The zero-order chi connectivity index (χ0) is 25.0. The summed E-state index contributed by atoms with van der Waals surface area (Å²) in [4.78, 5) is 43.0. The van der Waals surface area contributed by atoms with Gasteiger partial charge in [0.05, 0.1) is 22.2 Å². The first-order valence-corrected chi connectivity index (χ1v) is 11.3. The van der Waals surface area contributed by atoms with E-state index in [9.17, 15) is 24.8 Å². The summed E-state index contributed by atoms with van der Waals surface area (Å²) >= 11 is 1.09. The molecule has 176 valence electrons. The van der Waals surface area contributed by atoms with E-state index in [4.69, 9.17) is 0 Å². The molecule has 1 aliphatic rings. The number of anilines is 1. The van der Waals surface area contributed by atoms with E-state index in [0.717, 1.165) is 21.8 Å². The fourth-order valence-electron chi connectivity index (χ4n) is 4.21. The molecule has 1 unspecified atom stereocenters. The molecule has 5 rings (SSSR count). The second-order valence-corrected chi connectivity index (χ2v) is 9.22. The van der Waals surface area contributed by atoms with Gasteiger partial charge in [-0.15, -0.1) is 10.2 Å². The number of aromatic nitrogens is 4. The van der Waals surface area contributed by atoms with Crippen molar-refractivity contribution < 1.29 is 19.6 Å². The van der Waals surface area contributed by atoms with Crippen LogP contribution in [0, 0.1) is 30.9 Å². The van der Waals surface area contributed by atoms with Crippen LogP contribution in [0.1, 0.15) is 33.6 Å². The molecule has 0 saturated carbocycles. The zero-order valence-corrected chi connectivity index (χ0v) is 19.6. The highest BCUT2D eigenvalue weighted by atomic mass is 32.1. The lowest BCUT2D eigenvalue weighted by molar-refractivity contribution is -0.384. The highest BCUT2D eigenvalue weighted by Gasteiger charge is 2.49. The maximum atomic E-state index is 13.3.